The number of hydrogen-bond acceptors (Lipinski definition) is 12. The summed E-state index contributed by atoms with van der Waals surface area (Å²) in [4.78, 5) is 39.5. The van der Waals surface area contributed by atoms with Gasteiger partial charge in [-0.1, -0.05) is 163 Å². The van der Waals surface area contributed by atoms with Gasteiger partial charge < -0.3 is 41.1 Å². The van der Waals surface area contributed by atoms with E-state index in [0.717, 1.165) is 44.2 Å². The summed E-state index contributed by atoms with van der Waals surface area (Å²) < 4.78 is 1.11. The number of aliphatic hydroxyl groups excluding tert-OH is 4. The van der Waals surface area contributed by atoms with Crippen LogP contribution >= 0.6 is 22.6 Å². The van der Waals surface area contributed by atoms with Crippen molar-refractivity contribution in [1.29, 1.82) is 0 Å². The first-order valence-electron chi connectivity index (χ1n) is 28.8. The highest BCUT2D eigenvalue weighted by Crippen LogP contribution is 2.62. The van der Waals surface area contributed by atoms with Crippen molar-refractivity contribution in [1.82, 2.24) is 20.8 Å². The number of carbonyl (C=O) groups is 2. The zero-order valence-electron chi connectivity index (χ0n) is 47.8. The van der Waals surface area contributed by atoms with Crippen LogP contribution in [0.25, 0.3) is 18.2 Å². The van der Waals surface area contributed by atoms with Crippen molar-refractivity contribution in [3.05, 3.63) is 147 Å². The fourth-order valence-electron chi connectivity index (χ4n) is 14.3. The van der Waals surface area contributed by atoms with Gasteiger partial charge in [-0.3, -0.25) is 19.3 Å². The van der Waals surface area contributed by atoms with Gasteiger partial charge in [-0.05, 0) is 148 Å². The predicted octanol–water partition coefficient (Wildman–Crippen LogP) is 8.18. The monoisotopic (exact) mass is 1210 g/mol. The van der Waals surface area contributed by atoms with Crippen LogP contribution in [0.4, 0.5) is 0 Å². The molecule has 4 aromatic carbocycles. The molecule has 6 saturated carbocycles. The van der Waals surface area contributed by atoms with Gasteiger partial charge in [-0.2, -0.15) is 10.1 Å². The molecule has 14 nitrogen and oxygen atoms in total. The van der Waals surface area contributed by atoms with E-state index in [0.29, 0.717) is 59.4 Å². The molecule has 16 heteroatoms. The maximum absolute atomic E-state index is 13.8. The lowest BCUT2D eigenvalue weighted by Gasteiger charge is -2.62. The molecule has 80 heavy (non-hydrogen) atoms. The molecule has 0 radical (unpaired) electrons. The van der Waals surface area contributed by atoms with E-state index in [1.54, 1.807) is 30.0 Å². The van der Waals surface area contributed by atoms with E-state index < -0.39 is 55.5 Å². The molecule has 432 valence electrons. The summed E-state index contributed by atoms with van der Waals surface area (Å²) in [5.41, 5.74) is 5.86. The first-order chi connectivity index (χ1) is 38.1. The Balaban J connectivity index is 0.000000179. The average molecular weight is 1210 g/mol. The predicted molar refractivity (Wildman–Crippen MR) is 322 cm³/mol. The van der Waals surface area contributed by atoms with Crippen LogP contribution in [-0.2, 0) is 32.4 Å². The number of hydrogen-bond donors (Lipinski definition) is 8. The Labute approximate surface area is 488 Å². The SMILES string of the molecule is C[C@H](O)[C@@H]1[C@H](CO)ON(Cc2cccc(/C=C/c3ccccc3)c2)[C@@H]1C(=O)NC1C[C@H]2C[C@@H]([C@@H]1C)C2(C)C.C[C@H](O)[C@@H]1[C@H](CO)ON(Cc2cccc(I)c2)[C@@H]1C(=O)NC1C[C@H]2C[C@@H]([C@@H]1C)C2(C)C.OB(O)/C=C/c1ccccc1. The van der Waals surface area contributed by atoms with Crippen molar-refractivity contribution in [2.75, 3.05) is 13.2 Å². The van der Waals surface area contributed by atoms with Gasteiger partial charge in [0.05, 0.1) is 38.5 Å². The summed E-state index contributed by atoms with van der Waals surface area (Å²) in [5.74, 6) is 3.44. The molecule has 0 spiro atoms. The smallest absolute Gasteiger partial charge is 0.424 e. The molecule has 2 amide bonds. The summed E-state index contributed by atoms with van der Waals surface area (Å²) >= 11 is 2.27. The number of fused-ring (bicyclic) bond motifs is 4. The van der Waals surface area contributed by atoms with Crippen molar-refractivity contribution in [3.8, 4) is 0 Å². The van der Waals surface area contributed by atoms with Crippen molar-refractivity contribution in [3.63, 3.8) is 0 Å². The van der Waals surface area contributed by atoms with Crippen LogP contribution in [0, 0.1) is 61.7 Å². The van der Waals surface area contributed by atoms with Crippen LogP contribution in [0.2, 0.25) is 0 Å². The molecule has 2 unspecified atom stereocenters. The second kappa shape index (κ2) is 26.9. The maximum Gasteiger partial charge on any atom is 0.480 e. The number of amides is 2. The Morgan fingerprint density at radius 3 is 1.44 bits per heavy atom. The molecule has 8 fully saturated rings. The van der Waals surface area contributed by atoms with Crippen LogP contribution in [-0.4, -0.2) is 121 Å². The first kappa shape index (κ1) is 61.8. The minimum absolute atomic E-state index is 0.108. The van der Waals surface area contributed by atoms with Crippen molar-refractivity contribution >= 4 is 59.8 Å². The minimum atomic E-state index is -1.37. The van der Waals surface area contributed by atoms with E-state index in [2.05, 4.69) is 111 Å². The van der Waals surface area contributed by atoms with Gasteiger partial charge in [0.1, 0.15) is 24.3 Å². The largest absolute Gasteiger partial charge is 0.480 e. The summed E-state index contributed by atoms with van der Waals surface area (Å²) in [6.07, 6.45) is 7.49. The number of nitrogens with one attached hydrogen (secondary N) is 2. The number of halogens is 1. The Morgan fingerprint density at radius 2 is 1.04 bits per heavy atom. The second-order valence-electron chi connectivity index (χ2n) is 24.8. The average Bonchev–Trinajstić information content (AvgIpc) is 4.00. The summed E-state index contributed by atoms with van der Waals surface area (Å²) in [6, 6.07) is 34.8. The molecule has 0 aromatic heterocycles. The number of rotatable bonds is 16. The Hall–Kier alpha value is -4.31. The molecule has 2 heterocycles. The molecule has 4 bridgehead atoms. The zero-order valence-corrected chi connectivity index (χ0v) is 49.9. The van der Waals surface area contributed by atoms with E-state index in [4.69, 9.17) is 19.7 Å². The number of aliphatic hydroxyl groups is 4. The number of nitrogens with zero attached hydrogens (tertiary/aromatic N) is 2. The van der Waals surface area contributed by atoms with E-state index in [1.807, 2.05) is 84.9 Å². The van der Waals surface area contributed by atoms with E-state index in [-0.39, 0.29) is 37.1 Å². The number of hydroxylamine groups is 4. The quantitative estimate of drug-likeness (QED) is 0.0304. The third-order valence-electron chi connectivity index (χ3n) is 19.2. The van der Waals surface area contributed by atoms with E-state index in [9.17, 15) is 30.0 Å². The fourth-order valence-corrected chi connectivity index (χ4v) is 14.9. The highest BCUT2D eigenvalue weighted by molar-refractivity contribution is 14.1. The summed E-state index contributed by atoms with van der Waals surface area (Å²) in [5, 5.41) is 68.0. The molecule has 12 rings (SSSR count). The molecule has 4 aromatic rings. The van der Waals surface area contributed by atoms with Gasteiger partial charge in [0.2, 0.25) is 11.8 Å². The molecule has 2 aliphatic heterocycles. The van der Waals surface area contributed by atoms with Crippen LogP contribution in [0.5, 0.6) is 0 Å². The Morgan fingerprint density at radius 1 is 0.625 bits per heavy atom. The molecule has 16 atom stereocenters. The topological polar surface area (TPSA) is 205 Å². The van der Waals surface area contributed by atoms with Gasteiger partial charge in [0.25, 0.3) is 0 Å². The zero-order chi connectivity index (χ0) is 57.6. The fraction of sp³-hybridized carbons (Fsp3) is 0.531. The number of carbonyl (C=O) groups excluding carboxylic acids is 2. The minimum Gasteiger partial charge on any atom is -0.424 e. The maximum atomic E-state index is 13.8. The third-order valence-corrected chi connectivity index (χ3v) is 19.8. The number of benzene rings is 4. The van der Waals surface area contributed by atoms with Crippen LogP contribution in [0.1, 0.15) is 109 Å². The van der Waals surface area contributed by atoms with E-state index in [1.165, 1.54) is 18.8 Å². The highest BCUT2D eigenvalue weighted by atomic mass is 127. The Kier molecular flexibility index (Phi) is 20.8. The molecule has 6 aliphatic carbocycles. The van der Waals surface area contributed by atoms with E-state index >= 15 is 0 Å². The van der Waals surface area contributed by atoms with Crippen LogP contribution < -0.4 is 10.6 Å². The van der Waals surface area contributed by atoms with Gasteiger partial charge in [-0.25, -0.2) is 0 Å². The lowest BCUT2D eigenvalue weighted by atomic mass is 9.45. The van der Waals surface area contributed by atoms with Crippen molar-refractivity contribution in [2.24, 2.45) is 58.2 Å². The lowest BCUT2D eigenvalue weighted by Crippen LogP contribution is -2.62. The van der Waals surface area contributed by atoms with Gasteiger partial charge >= 0.3 is 7.12 Å². The molecule has 8 N–H and O–H groups in total. The van der Waals surface area contributed by atoms with Gasteiger partial charge in [-0.15, -0.1) is 0 Å². The summed E-state index contributed by atoms with van der Waals surface area (Å²) in [6.45, 7) is 17.6. The van der Waals surface area contributed by atoms with Crippen LogP contribution in [0.3, 0.4) is 0 Å². The van der Waals surface area contributed by atoms with Crippen molar-refractivity contribution in [2.45, 2.75) is 143 Å². The molecule has 8 aliphatic rings. The van der Waals surface area contributed by atoms with Crippen molar-refractivity contribution < 1.29 is 49.7 Å². The normalized spacial score (nSPS) is 31.8. The lowest BCUT2D eigenvalue weighted by molar-refractivity contribution is -0.183. The molecular weight excluding hydrogens is 1120 g/mol. The second-order valence-corrected chi connectivity index (χ2v) is 26.0. The molecule has 2 saturated heterocycles. The highest BCUT2D eigenvalue weighted by Gasteiger charge is 2.59. The molecular formula is C64H86BIN4O10. The first-order valence-corrected chi connectivity index (χ1v) is 29.9. The van der Waals surface area contributed by atoms with Gasteiger partial charge in [0.15, 0.2) is 0 Å². The standard InChI is InChI=1S/C32H42N2O4.C24H35IN2O4.C8H9BO2/c1-20-26-16-25(32(26,3)4)17-27(20)33-31(37)30-29(21(2)36)28(19-35)38-34(30)18-24-12-8-11-23(15-24)14-13-22-9-6-5-7-10-22;1-13-18-9-16(24(18,3)4)10-19(13)26-23(30)22-21(14(2)29)20(12-28)31-27(22)11-15-6-5-7-17(25)8-15;10-9(11)7-6-8-4-2-1-3-5-8/h5-15,20-21,25-30,35-36H,16-19H2,1-4H3,(H,33,37);5-8,13-14,16,18-22,28-29H,9-12H2,1-4H3,(H,26,30);1-7,10-11H/b14-13+;;7-6+/t20-,21-,25+,26-,27?,28-,29+,30-;13-,14-,16+,18-,19?,20-,21+,22-;/m00./s1. The summed E-state index contributed by atoms with van der Waals surface area (Å²) in [7, 11) is -1.37. The Bertz CT molecular complexity index is 2730. The third kappa shape index (κ3) is 14.2. The van der Waals surface area contributed by atoms with Gasteiger partial charge in [0, 0.05) is 27.5 Å². The van der Waals surface area contributed by atoms with Crippen LogP contribution in [0.15, 0.2) is 115 Å².